The van der Waals surface area contributed by atoms with Crippen LogP contribution in [0.4, 0.5) is 4.39 Å². The van der Waals surface area contributed by atoms with Gasteiger partial charge in [-0.25, -0.2) is 9.18 Å². The number of carbonyl (C=O) groups excluding carboxylic acids is 1. The smallest absolute Gasteiger partial charge is 0.340 e. The molecule has 1 heterocycles. The van der Waals surface area contributed by atoms with Crippen molar-refractivity contribution in [2.45, 2.75) is 6.92 Å². The van der Waals surface area contributed by atoms with E-state index in [4.69, 9.17) is 0 Å². The van der Waals surface area contributed by atoms with Gasteiger partial charge in [0.1, 0.15) is 5.82 Å². The molecule has 2 rings (SSSR count). The first-order valence-electron chi connectivity index (χ1n) is 5.04. The van der Waals surface area contributed by atoms with Crippen LogP contribution in [-0.2, 0) is 4.74 Å². The highest BCUT2D eigenvalue weighted by atomic mass is 19.1. The Morgan fingerprint density at radius 1 is 1.22 bits per heavy atom. The Labute approximate surface area is 102 Å². The molecule has 0 aliphatic carbocycles. The summed E-state index contributed by atoms with van der Waals surface area (Å²) in [5, 5.41) is 15.0. The molecule has 6 nitrogen and oxygen atoms in total. The van der Waals surface area contributed by atoms with E-state index in [0.717, 1.165) is 6.07 Å². The molecule has 0 amide bonds. The second kappa shape index (κ2) is 4.82. The number of ether oxygens (including phenoxy) is 1. The zero-order valence-electron chi connectivity index (χ0n) is 9.72. The number of aryl methyl sites for hydroxylation is 1. The van der Waals surface area contributed by atoms with E-state index in [1.54, 1.807) is 6.92 Å². The van der Waals surface area contributed by atoms with Gasteiger partial charge in [-0.15, -0.1) is 20.4 Å². The van der Waals surface area contributed by atoms with Crippen molar-refractivity contribution in [2.75, 3.05) is 7.11 Å². The summed E-state index contributed by atoms with van der Waals surface area (Å²) in [7, 11) is 1.19. The molecule has 0 unspecified atom stereocenters. The molecule has 1 aromatic carbocycles. The van der Waals surface area contributed by atoms with E-state index in [1.165, 1.54) is 19.2 Å². The predicted molar refractivity (Wildman–Crippen MR) is 59.1 cm³/mol. The van der Waals surface area contributed by atoms with Crippen LogP contribution in [0.1, 0.15) is 16.2 Å². The van der Waals surface area contributed by atoms with E-state index in [9.17, 15) is 9.18 Å². The number of methoxy groups -OCH3 is 1. The van der Waals surface area contributed by atoms with Crippen LogP contribution in [0.25, 0.3) is 11.4 Å². The maximum atomic E-state index is 13.7. The summed E-state index contributed by atoms with van der Waals surface area (Å²) < 4.78 is 18.1. The maximum Gasteiger partial charge on any atom is 0.340 e. The molecule has 0 saturated heterocycles. The van der Waals surface area contributed by atoms with Crippen molar-refractivity contribution in [1.82, 2.24) is 20.4 Å². The third-order valence-corrected chi connectivity index (χ3v) is 2.21. The van der Waals surface area contributed by atoms with Crippen molar-refractivity contribution in [3.05, 3.63) is 35.4 Å². The predicted octanol–water partition coefficient (Wildman–Crippen LogP) is 1.17. The Morgan fingerprint density at radius 2 is 1.89 bits per heavy atom. The van der Waals surface area contributed by atoms with Crippen molar-refractivity contribution in [1.29, 1.82) is 0 Å². The van der Waals surface area contributed by atoms with Crippen LogP contribution in [0.3, 0.4) is 0 Å². The average Bonchev–Trinajstić information content (AvgIpc) is 2.38. The van der Waals surface area contributed by atoms with Crippen molar-refractivity contribution < 1.29 is 13.9 Å². The van der Waals surface area contributed by atoms with E-state index in [2.05, 4.69) is 25.1 Å². The standard InChI is InChI=1S/C11H9FN4O2/c1-6-13-15-10(16-14-6)7-3-4-8(9(12)5-7)11(17)18-2/h3-5H,1-2H3. The summed E-state index contributed by atoms with van der Waals surface area (Å²) in [4.78, 5) is 11.2. The molecule has 0 aliphatic rings. The third-order valence-electron chi connectivity index (χ3n) is 2.21. The summed E-state index contributed by atoms with van der Waals surface area (Å²) in [5.41, 5.74) is 0.245. The SMILES string of the molecule is COC(=O)c1ccc(-c2nnc(C)nn2)cc1F. The van der Waals surface area contributed by atoms with Gasteiger partial charge in [-0.3, -0.25) is 0 Å². The molecule has 0 N–H and O–H groups in total. The van der Waals surface area contributed by atoms with E-state index < -0.39 is 11.8 Å². The fraction of sp³-hybridized carbons (Fsp3) is 0.182. The summed E-state index contributed by atoms with van der Waals surface area (Å²) in [6, 6.07) is 3.95. The number of benzene rings is 1. The van der Waals surface area contributed by atoms with E-state index >= 15 is 0 Å². The van der Waals surface area contributed by atoms with Gasteiger partial charge in [0, 0.05) is 5.56 Å². The van der Waals surface area contributed by atoms with E-state index in [0.29, 0.717) is 11.4 Å². The molecule has 0 bridgehead atoms. The minimum atomic E-state index is -0.736. The maximum absolute atomic E-state index is 13.7. The molecule has 0 radical (unpaired) electrons. The van der Waals surface area contributed by atoms with Crippen LogP contribution in [0.2, 0.25) is 0 Å². The lowest BCUT2D eigenvalue weighted by molar-refractivity contribution is 0.0595. The van der Waals surface area contributed by atoms with Crippen LogP contribution in [0.15, 0.2) is 18.2 Å². The number of nitrogens with zero attached hydrogens (tertiary/aromatic N) is 4. The van der Waals surface area contributed by atoms with Crippen LogP contribution >= 0.6 is 0 Å². The first-order chi connectivity index (χ1) is 8.61. The van der Waals surface area contributed by atoms with Gasteiger partial charge in [0.15, 0.2) is 5.82 Å². The second-order valence-corrected chi connectivity index (χ2v) is 3.46. The average molecular weight is 248 g/mol. The number of halogens is 1. The van der Waals surface area contributed by atoms with Gasteiger partial charge in [-0.1, -0.05) is 0 Å². The molecule has 1 aromatic heterocycles. The minimum Gasteiger partial charge on any atom is -0.465 e. The Bertz CT molecular complexity index is 586. The monoisotopic (exact) mass is 248 g/mol. The van der Waals surface area contributed by atoms with Crippen molar-refractivity contribution in [3.8, 4) is 11.4 Å². The Hall–Kier alpha value is -2.44. The number of rotatable bonds is 2. The summed E-state index contributed by atoms with van der Waals surface area (Å²) in [6.45, 7) is 1.64. The van der Waals surface area contributed by atoms with E-state index in [-0.39, 0.29) is 11.4 Å². The fourth-order valence-electron chi connectivity index (χ4n) is 1.32. The van der Waals surface area contributed by atoms with Crippen LogP contribution in [-0.4, -0.2) is 33.5 Å². The van der Waals surface area contributed by atoms with Crippen LogP contribution < -0.4 is 0 Å². The second-order valence-electron chi connectivity index (χ2n) is 3.46. The summed E-state index contributed by atoms with van der Waals surface area (Å²) in [6.07, 6.45) is 0. The first kappa shape index (κ1) is 12.0. The zero-order chi connectivity index (χ0) is 13.1. The van der Waals surface area contributed by atoms with Gasteiger partial charge in [-0.2, -0.15) is 0 Å². The lowest BCUT2D eigenvalue weighted by Crippen LogP contribution is -2.05. The number of aromatic nitrogens is 4. The molecule has 92 valence electrons. The first-order valence-corrected chi connectivity index (χ1v) is 5.04. The molecule has 2 aromatic rings. The zero-order valence-corrected chi connectivity index (χ0v) is 9.72. The van der Waals surface area contributed by atoms with Crippen LogP contribution in [0, 0.1) is 12.7 Å². The molecule has 0 spiro atoms. The Kier molecular flexibility index (Phi) is 3.22. The van der Waals surface area contributed by atoms with Gasteiger partial charge in [0.2, 0.25) is 5.82 Å². The molecular weight excluding hydrogens is 239 g/mol. The normalized spacial score (nSPS) is 10.2. The molecule has 0 atom stereocenters. The van der Waals surface area contributed by atoms with Gasteiger partial charge in [-0.05, 0) is 25.1 Å². The lowest BCUT2D eigenvalue weighted by atomic mass is 10.1. The Balaban J connectivity index is 2.40. The molecule has 18 heavy (non-hydrogen) atoms. The number of carbonyl (C=O) groups is 1. The largest absolute Gasteiger partial charge is 0.465 e. The summed E-state index contributed by atoms with van der Waals surface area (Å²) >= 11 is 0. The third kappa shape index (κ3) is 2.29. The number of hydrogen-bond donors (Lipinski definition) is 0. The number of hydrogen-bond acceptors (Lipinski definition) is 6. The molecule has 0 saturated carbocycles. The lowest BCUT2D eigenvalue weighted by Gasteiger charge is -2.03. The van der Waals surface area contributed by atoms with Gasteiger partial charge in [0.25, 0.3) is 0 Å². The van der Waals surface area contributed by atoms with Crippen molar-refractivity contribution in [3.63, 3.8) is 0 Å². The van der Waals surface area contributed by atoms with Crippen molar-refractivity contribution >= 4 is 5.97 Å². The molecule has 0 fully saturated rings. The highest BCUT2D eigenvalue weighted by molar-refractivity contribution is 5.90. The van der Waals surface area contributed by atoms with E-state index in [1.807, 2.05) is 0 Å². The summed E-state index contributed by atoms with van der Waals surface area (Å²) in [5.74, 6) is -0.829. The van der Waals surface area contributed by atoms with Gasteiger partial charge in [0.05, 0.1) is 12.7 Å². The fourth-order valence-corrected chi connectivity index (χ4v) is 1.32. The van der Waals surface area contributed by atoms with Crippen molar-refractivity contribution in [2.24, 2.45) is 0 Å². The Morgan fingerprint density at radius 3 is 2.44 bits per heavy atom. The van der Waals surface area contributed by atoms with Gasteiger partial charge >= 0.3 is 5.97 Å². The minimum absolute atomic E-state index is 0.144. The highest BCUT2D eigenvalue weighted by Gasteiger charge is 2.14. The molecule has 7 heteroatoms. The molecule has 0 aliphatic heterocycles. The number of esters is 1. The van der Waals surface area contributed by atoms with Gasteiger partial charge < -0.3 is 4.74 Å². The highest BCUT2D eigenvalue weighted by Crippen LogP contribution is 2.18. The van der Waals surface area contributed by atoms with Crippen LogP contribution in [0.5, 0.6) is 0 Å². The molecular formula is C11H9FN4O2. The quantitative estimate of drug-likeness (QED) is 0.742. The topological polar surface area (TPSA) is 77.9 Å².